The van der Waals surface area contributed by atoms with Gasteiger partial charge < -0.3 is 19.9 Å². The third-order valence-electron chi connectivity index (χ3n) is 4.02. The van der Waals surface area contributed by atoms with Crippen LogP contribution >= 0.6 is 0 Å². The molecular formula is C18H23N7O2. The van der Waals surface area contributed by atoms with Crippen molar-refractivity contribution in [3.8, 4) is 5.88 Å². The molecule has 0 unspecified atom stereocenters. The lowest BCUT2D eigenvalue weighted by Crippen LogP contribution is -2.06. The van der Waals surface area contributed by atoms with E-state index in [2.05, 4.69) is 36.0 Å². The molecule has 27 heavy (non-hydrogen) atoms. The number of aromatic amines is 1. The molecule has 3 aromatic heterocycles. The van der Waals surface area contributed by atoms with Gasteiger partial charge in [-0.15, -0.1) is 5.10 Å². The van der Waals surface area contributed by atoms with Crippen LogP contribution in [0.1, 0.15) is 49.8 Å². The Morgan fingerprint density at radius 3 is 2.89 bits per heavy atom. The zero-order chi connectivity index (χ0) is 18.8. The minimum Gasteiger partial charge on any atom is -0.474 e. The monoisotopic (exact) mass is 369 g/mol. The van der Waals surface area contributed by atoms with E-state index in [0.717, 1.165) is 17.1 Å². The van der Waals surface area contributed by atoms with Gasteiger partial charge in [-0.1, -0.05) is 5.16 Å². The van der Waals surface area contributed by atoms with Gasteiger partial charge in [0.15, 0.2) is 5.76 Å². The number of nitrogens with one attached hydrogen (secondary N) is 3. The molecule has 1 fully saturated rings. The third kappa shape index (κ3) is 4.55. The van der Waals surface area contributed by atoms with Gasteiger partial charge in [0.2, 0.25) is 11.8 Å². The number of ether oxygens (including phenoxy) is 1. The number of anilines is 3. The molecule has 0 atom stereocenters. The summed E-state index contributed by atoms with van der Waals surface area (Å²) in [6.45, 7) is 6.31. The predicted molar refractivity (Wildman–Crippen MR) is 100 cm³/mol. The summed E-state index contributed by atoms with van der Waals surface area (Å²) in [6.07, 6.45) is 2.47. The second kappa shape index (κ2) is 7.26. The van der Waals surface area contributed by atoms with Crippen molar-refractivity contribution in [2.75, 3.05) is 10.6 Å². The summed E-state index contributed by atoms with van der Waals surface area (Å²) in [5.41, 5.74) is 1.88. The summed E-state index contributed by atoms with van der Waals surface area (Å²) in [6, 6.07) is 5.65. The fourth-order valence-corrected chi connectivity index (χ4v) is 2.67. The lowest BCUT2D eigenvalue weighted by atomic mass is 10.3. The Hall–Kier alpha value is -3.10. The molecule has 0 aromatic carbocycles. The van der Waals surface area contributed by atoms with Crippen LogP contribution in [0.2, 0.25) is 0 Å². The Balaban J connectivity index is 1.40. The average molecular weight is 369 g/mol. The van der Waals surface area contributed by atoms with Crippen LogP contribution < -0.4 is 15.4 Å². The molecule has 4 rings (SSSR count). The summed E-state index contributed by atoms with van der Waals surface area (Å²) in [4.78, 5) is 8.90. The fraction of sp³-hybridized carbons (Fsp3) is 0.444. The molecule has 0 spiro atoms. The summed E-state index contributed by atoms with van der Waals surface area (Å²) in [7, 11) is 0. The van der Waals surface area contributed by atoms with E-state index >= 15 is 0 Å². The number of aromatic nitrogens is 5. The first-order valence-corrected chi connectivity index (χ1v) is 9.09. The predicted octanol–water partition coefficient (Wildman–Crippen LogP) is 3.52. The fourth-order valence-electron chi connectivity index (χ4n) is 2.67. The van der Waals surface area contributed by atoms with Gasteiger partial charge in [0.05, 0.1) is 18.3 Å². The minimum atomic E-state index is 0.0646. The van der Waals surface area contributed by atoms with E-state index in [-0.39, 0.29) is 6.10 Å². The zero-order valence-corrected chi connectivity index (χ0v) is 15.6. The van der Waals surface area contributed by atoms with E-state index in [4.69, 9.17) is 9.26 Å². The van der Waals surface area contributed by atoms with Crippen LogP contribution in [0.25, 0.3) is 0 Å². The highest BCUT2D eigenvalue weighted by Gasteiger charge is 2.27. The summed E-state index contributed by atoms with van der Waals surface area (Å²) < 4.78 is 10.9. The molecular weight excluding hydrogens is 346 g/mol. The van der Waals surface area contributed by atoms with E-state index in [1.54, 1.807) is 6.07 Å². The van der Waals surface area contributed by atoms with E-state index < -0.39 is 0 Å². The second-order valence-corrected chi connectivity index (χ2v) is 6.98. The Labute approximate surface area is 156 Å². The topological polar surface area (TPSA) is 114 Å². The maximum absolute atomic E-state index is 5.55. The Morgan fingerprint density at radius 1 is 1.26 bits per heavy atom. The number of nitrogens with zero attached hydrogens (tertiary/aromatic N) is 4. The first-order chi connectivity index (χ1) is 13.0. The van der Waals surface area contributed by atoms with Gasteiger partial charge in [-0.05, 0) is 33.6 Å². The quantitative estimate of drug-likeness (QED) is 0.553. The molecule has 1 aliphatic rings. The van der Waals surface area contributed by atoms with Crippen LogP contribution in [0.15, 0.2) is 22.7 Å². The smallest absolute Gasteiger partial charge is 0.234 e. The van der Waals surface area contributed by atoms with E-state index in [1.807, 2.05) is 32.9 Å². The average Bonchev–Trinajstić information content (AvgIpc) is 3.19. The Bertz CT molecular complexity index is 914. The van der Waals surface area contributed by atoms with Gasteiger partial charge in [-0.3, -0.25) is 5.10 Å². The minimum absolute atomic E-state index is 0.0646. The normalized spacial score (nSPS) is 13.8. The number of hydrogen-bond acceptors (Lipinski definition) is 8. The van der Waals surface area contributed by atoms with Crippen LogP contribution in [0, 0.1) is 6.92 Å². The van der Waals surface area contributed by atoms with Crippen LogP contribution in [-0.2, 0) is 6.54 Å². The Morgan fingerprint density at radius 2 is 2.11 bits per heavy atom. The van der Waals surface area contributed by atoms with E-state index in [9.17, 15) is 0 Å². The van der Waals surface area contributed by atoms with Crippen LogP contribution in [-0.4, -0.2) is 31.4 Å². The second-order valence-electron chi connectivity index (χ2n) is 6.98. The largest absolute Gasteiger partial charge is 0.474 e. The molecule has 1 aliphatic carbocycles. The van der Waals surface area contributed by atoms with Crippen molar-refractivity contribution >= 4 is 17.6 Å². The molecule has 9 heteroatoms. The molecule has 3 aromatic rings. The molecule has 0 amide bonds. The SMILES string of the molecule is Cc1cc(Nc2cc(OC(C)C)n[nH]2)nc(NCc2cc(C3CC3)no2)n1. The highest BCUT2D eigenvalue weighted by molar-refractivity contribution is 5.54. The van der Waals surface area contributed by atoms with Crippen molar-refractivity contribution in [3.05, 3.63) is 35.3 Å². The van der Waals surface area contributed by atoms with Crippen molar-refractivity contribution in [2.45, 2.75) is 52.2 Å². The standard InChI is InChI=1S/C18H23N7O2/c1-10(2)26-17-8-16(23-24-17)21-15-6-11(3)20-18(22-15)19-9-13-7-14(25-27-13)12-4-5-12/h6-8,10,12H,4-5,9H2,1-3H3,(H3,19,20,21,22,23,24). The molecule has 1 saturated carbocycles. The van der Waals surface area contributed by atoms with Crippen molar-refractivity contribution in [2.24, 2.45) is 0 Å². The highest BCUT2D eigenvalue weighted by atomic mass is 16.5. The van der Waals surface area contributed by atoms with Crippen molar-refractivity contribution < 1.29 is 9.26 Å². The maximum atomic E-state index is 5.55. The van der Waals surface area contributed by atoms with Gasteiger partial charge in [-0.2, -0.15) is 4.98 Å². The molecule has 3 heterocycles. The molecule has 0 radical (unpaired) electrons. The van der Waals surface area contributed by atoms with Crippen molar-refractivity contribution in [1.29, 1.82) is 0 Å². The molecule has 9 nitrogen and oxygen atoms in total. The maximum Gasteiger partial charge on any atom is 0.234 e. The van der Waals surface area contributed by atoms with Gasteiger partial charge in [0.1, 0.15) is 11.6 Å². The lowest BCUT2D eigenvalue weighted by molar-refractivity contribution is 0.232. The van der Waals surface area contributed by atoms with Crippen LogP contribution in [0.3, 0.4) is 0 Å². The summed E-state index contributed by atoms with van der Waals surface area (Å²) in [5, 5.41) is 17.5. The number of rotatable bonds is 8. The number of H-pyrrole nitrogens is 1. The van der Waals surface area contributed by atoms with Crippen molar-refractivity contribution in [3.63, 3.8) is 0 Å². The molecule has 142 valence electrons. The molecule has 0 bridgehead atoms. The number of hydrogen-bond donors (Lipinski definition) is 3. The Kier molecular flexibility index (Phi) is 4.66. The van der Waals surface area contributed by atoms with Gasteiger partial charge in [-0.25, -0.2) is 4.98 Å². The number of aryl methyl sites for hydroxylation is 1. The van der Waals surface area contributed by atoms with Crippen molar-refractivity contribution in [1.82, 2.24) is 25.3 Å². The highest BCUT2D eigenvalue weighted by Crippen LogP contribution is 2.39. The molecule has 0 saturated heterocycles. The third-order valence-corrected chi connectivity index (χ3v) is 4.02. The first-order valence-electron chi connectivity index (χ1n) is 9.09. The lowest BCUT2D eigenvalue weighted by Gasteiger charge is -2.08. The van der Waals surface area contributed by atoms with Gasteiger partial charge >= 0.3 is 0 Å². The van der Waals surface area contributed by atoms with Crippen LogP contribution in [0.5, 0.6) is 5.88 Å². The molecule has 0 aliphatic heterocycles. The summed E-state index contributed by atoms with van der Waals surface area (Å²) >= 11 is 0. The summed E-state index contributed by atoms with van der Waals surface area (Å²) in [5.74, 6) is 3.75. The molecule has 3 N–H and O–H groups in total. The first kappa shape index (κ1) is 17.3. The zero-order valence-electron chi connectivity index (χ0n) is 15.6. The van der Waals surface area contributed by atoms with Gasteiger partial charge in [0, 0.05) is 29.8 Å². The van der Waals surface area contributed by atoms with E-state index in [1.165, 1.54) is 12.8 Å². The van der Waals surface area contributed by atoms with Crippen LogP contribution in [0.4, 0.5) is 17.6 Å². The van der Waals surface area contributed by atoms with Gasteiger partial charge in [0.25, 0.3) is 0 Å². The van der Waals surface area contributed by atoms with E-state index in [0.29, 0.717) is 35.9 Å².